The molecule has 0 amide bonds. The number of thiophene rings is 1. The van der Waals surface area contributed by atoms with Crippen LogP contribution in [-0.2, 0) is 11.8 Å². The fourth-order valence-corrected chi connectivity index (χ4v) is 5.15. The Hall–Kier alpha value is -3.75. The van der Waals surface area contributed by atoms with E-state index in [9.17, 15) is 5.26 Å². The van der Waals surface area contributed by atoms with E-state index in [1.807, 2.05) is 39.0 Å². The molecule has 5 heteroatoms. The maximum atomic E-state index is 9.41. The van der Waals surface area contributed by atoms with Crippen LogP contribution in [0.3, 0.4) is 0 Å². The number of nitrogens with zero attached hydrogens (tertiary/aromatic N) is 3. The monoisotopic (exact) mass is 448 g/mol. The highest BCUT2D eigenvalue weighted by Gasteiger charge is 2.19. The molecule has 5 rings (SSSR count). The zero-order valence-electron chi connectivity index (χ0n) is 18.9. The first-order chi connectivity index (χ1) is 15.8. The minimum atomic E-state index is -0.506. The molecule has 3 heterocycles. The summed E-state index contributed by atoms with van der Waals surface area (Å²) in [6.45, 7) is 5.88. The van der Waals surface area contributed by atoms with Crippen LogP contribution in [-0.4, -0.2) is 9.97 Å². The van der Waals surface area contributed by atoms with Gasteiger partial charge in [0, 0.05) is 27.8 Å². The van der Waals surface area contributed by atoms with E-state index in [-0.39, 0.29) is 0 Å². The molecule has 0 atom stereocenters. The quantitative estimate of drug-likeness (QED) is 0.328. The van der Waals surface area contributed by atoms with Gasteiger partial charge >= 0.3 is 0 Å². The van der Waals surface area contributed by atoms with Gasteiger partial charge in [0.25, 0.3) is 0 Å². The Balaban J connectivity index is 1.56. The smallest absolute Gasteiger partial charge is 0.124 e. The lowest BCUT2D eigenvalue weighted by molar-refractivity contribution is 0.686. The van der Waals surface area contributed by atoms with Crippen molar-refractivity contribution in [3.63, 3.8) is 0 Å². The Labute approximate surface area is 197 Å². The number of benzene rings is 2. The molecular formula is C28H24N4S. The number of fused-ring (bicyclic) bond motifs is 2. The number of aromatic nitrogens is 2. The SMILES string of the molecule is Cc1ccc2cc(-c3ccc4ncc(N)c(Cc5ccc(C(C)(C)C#N)cc5)c4c3)sc2n1. The molecular weight excluding hydrogens is 424 g/mol. The number of nitrogens with two attached hydrogens (primary N) is 1. The van der Waals surface area contributed by atoms with Crippen LogP contribution < -0.4 is 5.73 Å². The molecule has 0 bridgehead atoms. The second-order valence-electron chi connectivity index (χ2n) is 8.99. The van der Waals surface area contributed by atoms with E-state index >= 15 is 0 Å². The summed E-state index contributed by atoms with van der Waals surface area (Å²) in [6, 6.07) is 23.4. The number of hydrogen-bond acceptors (Lipinski definition) is 5. The molecule has 2 aromatic carbocycles. The van der Waals surface area contributed by atoms with E-state index in [1.165, 1.54) is 4.88 Å². The van der Waals surface area contributed by atoms with Crippen LogP contribution >= 0.6 is 11.3 Å². The average molecular weight is 449 g/mol. The summed E-state index contributed by atoms with van der Waals surface area (Å²) in [5.41, 5.74) is 12.9. The van der Waals surface area contributed by atoms with Crippen LogP contribution in [0.1, 0.15) is 36.2 Å². The normalized spacial score (nSPS) is 11.7. The van der Waals surface area contributed by atoms with Crippen LogP contribution in [0, 0.1) is 18.3 Å². The van der Waals surface area contributed by atoms with Crippen molar-refractivity contribution in [2.75, 3.05) is 5.73 Å². The largest absolute Gasteiger partial charge is 0.397 e. The van der Waals surface area contributed by atoms with E-state index < -0.39 is 5.41 Å². The number of pyridine rings is 2. The molecule has 5 aromatic rings. The fraction of sp³-hybridized carbons (Fsp3) is 0.179. The summed E-state index contributed by atoms with van der Waals surface area (Å²) in [6.07, 6.45) is 2.45. The summed E-state index contributed by atoms with van der Waals surface area (Å²) in [5, 5.41) is 11.6. The highest BCUT2D eigenvalue weighted by molar-refractivity contribution is 7.21. The molecule has 2 N–H and O–H groups in total. The second-order valence-corrected chi connectivity index (χ2v) is 10.0. The van der Waals surface area contributed by atoms with Gasteiger partial charge in [-0.2, -0.15) is 5.26 Å². The molecule has 0 aliphatic rings. The summed E-state index contributed by atoms with van der Waals surface area (Å²) >= 11 is 1.70. The number of aryl methyl sites for hydroxylation is 1. The number of anilines is 1. The van der Waals surface area contributed by atoms with Crippen molar-refractivity contribution in [2.24, 2.45) is 0 Å². The third-order valence-corrected chi connectivity index (χ3v) is 7.25. The predicted octanol–water partition coefficient (Wildman–Crippen LogP) is 6.79. The first-order valence-electron chi connectivity index (χ1n) is 10.9. The first kappa shape index (κ1) is 21.1. The molecule has 3 aromatic heterocycles. The lowest BCUT2D eigenvalue weighted by atomic mass is 9.85. The van der Waals surface area contributed by atoms with Gasteiger partial charge in [0.2, 0.25) is 0 Å². The molecule has 0 aliphatic heterocycles. The highest BCUT2D eigenvalue weighted by Crippen LogP contribution is 2.35. The van der Waals surface area contributed by atoms with Gasteiger partial charge in [-0.3, -0.25) is 4.98 Å². The molecule has 0 saturated heterocycles. The van der Waals surface area contributed by atoms with E-state index in [2.05, 4.69) is 58.5 Å². The number of hydrogen-bond donors (Lipinski definition) is 1. The molecule has 0 saturated carbocycles. The standard InChI is InChI=1S/C28H24N4S/c1-17-4-7-20-14-26(33-27(20)32-17)19-8-11-25-23(13-19)22(24(30)15-31-25)12-18-5-9-21(10-6-18)28(2,3)16-29/h4-11,13-15H,12,30H2,1-3H3. The lowest BCUT2D eigenvalue weighted by Crippen LogP contribution is -2.13. The fourth-order valence-electron chi connectivity index (χ4n) is 4.07. The molecule has 4 nitrogen and oxygen atoms in total. The van der Waals surface area contributed by atoms with Crippen molar-refractivity contribution >= 4 is 38.1 Å². The van der Waals surface area contributed by atoms with Gasteiger partial charge in [-0.1, -0.05) is 36.4 Å². The second kappa shape index (κ2) is 7.99. The molecule has 0 spiro atoms. The number of rotatable bonds is 4. The van der Waals surface area contributed by atoms with Crippen molar-refractivity contribution in [3.8, 4) is 16.5 Å². The molecule has 0 fully saturated rings. The third kappa shape index (κ3) is 3.94. The Morgan fingerprint density at radius 3 is 2.58 bits per heavy atom. The zero-order valence-corrected chi connectivity index (χ0v) is 19.7. The van der Waals surface area contributed by atoms with Crippen LogP contribution in [0.15, 0.2) is 66.9 Å². The van der Waals surface area contributed by atoms with Crippen LogP contribution in [0.2, 0.25) is 0 Å². The summed E-state index contributed by atoms with van der Waals surface area (Å²) in [7, 11) is 0. The molecule has 0 unspecified atom stereocenters. The van der Waals surface area contributed by atoms with Gasteiger partial charge in [0.1, 0.15) is 4.83 Å². The van der Waals surface area contributed by atoms with E-state index in [0.717, 1.165) is 49.1 Å². The van der Waals surface area contributed by atoms with Crippen molar-refractivity contribution in [2.45, 2.75) is 32.6 Å². The molecule has 33 heavy (non-hydrogen) atoms. The number of nitrogen functional groups attached to an aromatic ring is 1. The van der Waals surface area contributed by atoms with E-state index in [0.29, 0.717) is 12.1 Å². The maximum absolute atomic E-state index is 9.41. The zero-order chi connectivity index (χ0) is 23.2. The first-order valence-corrected chi connectivity index (χ1v) is 11.7. The number of nitriles is 1. The van der Waals surface area contributed by atoms with E-state index in [4.69, 9.17) is 5.73 Å². The summed E-state index contributed by atoms with van der Waals surface area (Å²) in [4.78, 5) is 11.5. The molecule has 0 aliphatic carbocycles. The third-order valence-electron chi connectivity index (χ3n) is 6.16. The van der Waals surface area contributed by atoms with Crippen molar-refractivity contribution in [1.82, 2.24) is 9.97 Å². The van der Waals surface area contributed by atoms with Crippen molar-refractivity contribution < 1.29 is 0 Å². The van der Waals surface area contributed by atoms with Gasteiger partial charge in [-0.25, -0.2) is 4.98 Å². The minimum Gasteiger partial charge on any atom is -0.397 e. The molecule has 0 radical (unpaired) electrons. The Morgan fingerprint density at radius 2 is 1.82 bits per heavy atom. The lowest BCUT2D eigenvalue weighted by Gasteiger charge is -2.16. The van der Waals surface area contributed by atoms with E-state index in [1.54, 1.807) is 17.5 Å². The average Bonchev–Trinajstić information content (AvgIpc) is 3.24. The highest BCUT2D eigenvalue weighted by atomic mass is 32.1. The van der Waals surface area contributed by atoms with Crippen molar-refractivity contribution in [3.05, 3.63) is 89.2 Å². The van der Waals surface area contributed by atoms with Crippen LogP contribution in [0.4, 0.5) is 5.69 Å². The topological polar surface area (TPSA) is 75.6 Å². The Morgan fingerprint density at radius 1 is 1.03 bits per heavy atom. The Bertz CT molecular complexity index is 1540. The summed E-state index contributed by atoms with van der Waals surface area (Å²) in [5.74, 6) is 0. The van der Waals surface area contributed by atoms with Gasteiger partial charge in [-0.05, 0) is 67.3 Å². The van der Waals surface area contributed by atoms with Gasteiger partial charge < -0.3 is 5.73 Å². The van der Waals surface area contributed by atoms with Crippen LogP contribution in [0.25, 0.3) is 31.6 Å². The Kier molecular flexibility index (Phi) is 5.11. The molecule has 162 valence electrons. The van der Waals surface area contributed by atoms with Gasteiger partial charge in [-0.15, -0.1) is 11.3 Å². The van der Waals surface area contributed by atoms with Gasteiger partial charge in [0.15, 0.2) is 0 Å². The minimum absolute atomic E-state index is 0.506. The maximum Gasteiger partial charge on any atom is 0.124 e. The van der Waals surface area contributed by atoms with Crippen molar-refractivity contribution in [1.29, 1.82) is 5.26 Å². The summed E-state index contributed by atoms with van der Waals surface area (Å²) < 4.78 is 0. The van der Waals surface area contributed by atoms with Gasteiger partial charge in [0.05, 0.1) is 28.9 Å². The van der Waals surface area contributed by atoms with Crippen LogP contribution in [0.5, 0.6) is 0 Å². The predicted molar refractivity (Wildman–Crippen MR) is 137 cm³/mol.